The smallest absolute Gasteiger partial charge is 0.0119 e. The standard InChI is InChI=1S/C14H30N2/c1-5-6-7-8-13(3)15-14-9-10-16(4)11-12(14)2/h12-15H,5-11H2,1-4H3. The number of nitrogens with zero attached hydrogens (tertiary/aromatic N) is 1. The number of piperidine rings is 1. The minimum absolute atomic E-state index is 0.697. The first-order chi connectivity index (χ1) is 7.63. The van der Waals surface area contributed by atoms with E-state index in [9.17, 15) is 0 Å². The van der Waals surface area contributed by atoms with Crippen LogP contribution >= 0.6 is 0 Å². The normalized spacial score (nSPS) is 29.2. The summed E-state index contributed by atoms with van der Waals surface area (Å²) in [6.07, 6.45) is 6.75. The monoisotopic (exact) mass is 226 g/mol. The van der Waals surface area contributed by atoms with Crippen LogP contribution in [-0.2, 0) is 0 Å². The lowest BCUT2D eigenvalue weighted by Gasteiger charge is -2.37. The molecule has 1 rings (SSSR count). The van der Waals surface area contributed by atoms with E-state index in [1.54, 1.807) is 0 Å². The fourth-order valence-corrected chi connectivity index (χ4v) is 2.75. The van der Waals surface area contributed by atoms with Gasteiger partial charge in [0.15, 0.2) is 0 Å². The van der Waals surface area contributed by atoms with Gasteiger partial charge in [0.05, 0.1) is 0 Å². The van der Waals surface area contributed by atoms with E-state index in [0.717, 1.165) is 12.0 Å². The third-order valence-electron chi connectivity index (χ3n) is 3.85. The number of unbranched alkanes of at least 4 members (excludes halogenated alkanes) is 2. The molecule has 3 atom stereocenters. The molecule has 0 radical (unpaired) electrons. The highest BCUT2D eigenvalue weighted by Gasteiger charge is 2.24. The van der Waals surface area contributed by atoms with Crippen LogP contribution in [0.25, 0.3) is 0 Å². The Balaban J connectivity index is 2.19. The average molecular weight is 226 g/mol. The van der Waals surface area contributed by atoms with Crippen LogP contribution in [0.3, 0.4) is 0 Å². The lowest BCUT2D eigenvalue weighted by molar-refractivity contribution is 0.166. The van der Waals surface area contributed by atoms with E-state index < -0.39 is 0 Å². The van der Waals surface area contributed by atoms with Crippen LogP contribution in [-0.4, -0.2) is 37.1 Å². The van der Waals surface area contributed by atoms with Crippen molar-refractivity contribution >= 4 is 0 Å². The number of likely N-dealkylation sites (tertiary alicyclic amines) is 1. The predicted molar refractivity (Wildman–Crippen MR) is 71.8 cm³/mol. The summed E-state index contributed by atoms with van der Waals surface area (Å²) in [5.74, 6) is 0.798. The van der Waals surface area contributed by atoms with Gasteiger partial charge in [-0.15, -0.1) is 0 Å². The summed E-state index contributed by atoms with van der Waals surface area (Å²) in [6.45, 7) is 9.51. The van der Waals surface area contributed by atoms with E-state index >= 15 is 0 Å². The van der Waals surface area contributed by atoms with E-state index in [4.69, 9.17) is 0 Å². The molecule has 1 aliphatic heterocycles. The fraction of sp³-hybridized carbons (Fsp3) is 1.00. The second-order valence-corrected chi connectivity index (χ2v) is 5.70. The summed E-state index contributed by atoms with van der Waals surface area (Å²) in [5.41, 5.74) is 0. The van der Waals surface area contributed by atoms with Crippen molar-refractivity contribution in [2.45, 2.75) is 65.0 Å². The molecule has 96 valence electrons. The van der Waals surface area contributed by atoms with E-state index in [1.165, 1.54) is 45.2 Å². The lowest BCUT2D eigenvalue weighted by Crippen LogP contribution is -2.49. The van der Waals surface area contributed by atoms with Gasteiger partial charge in [0, 0.05) is 18.6 Å². The molecule has 0 bridgehead atoms. The van der Waals surface area contributed by atoms with Crippen molar-refractivity contribution in [2.24, 2.45) is 5.92 Å². The van der Waals surface area contributed by atoms with Crippen molar-refractivity contribution < 1.29 is 0 Å². The lowest BCUT2D eigenvalue weighted by atomic mass is 9.93. The van der Waals surface area contributed by atoms with Gasteiger partial charge in [-0.3, -0.25) is 0 Å². The molecule has 1 fully saturated rings. The van der Waals surface area contributed by atoms with Gasteiger partial charge >= 0.3 is 0 Å². The number of rotatable bonds is 6. The van der Waals surface area contributed by atoms with Crippen LogP contribution in [0, 0.1) is 5.92 Å². The Morgan fingerprint density at radius 2 is 2.12 bits per heavy atom. The molecule has 0 aliphatic carbocycles. The topological polar surface area (TPSA) is 15.3 Å². The van der Waals surface area contributed by atoms with Gasteiger partial charge in [0.2, 0.25) is 0 Å². The SMILES string of the molecule is CCCCCC(C)NC1CCN(C)CC1C. The zero-order valence-corrected chi connectivity index (χ0v) is 11.6. The van der Waals surface area contributed by atoms with Gasteiger partial charge in [-0.1, -0.05) is 33.1 Å². The Morgan fingerprint density at radius 1 is 1.38 bits per heavy atom. The van der Waals surface area contributed by atoms with Crippen LogP contribution in [0.15, 0.2) is 0 Å². The number of hydrogen-bond acceptors (Lipinski definition) is 2. The molecule has 1 saturated heterocycles. The molecule has 2 nitrogen and oxygen atoms in total. The first-order valence-electron chi connectivity index (χ1n) is 7.08. The summed E-state index contributed by atoms with van der Waals surface area (Å²) in [7, 11) is 2.23. The molecule has 2 heteroatoms. The molecule has 0 aromatic heterocycles. The summed E-state index contributed by atoms with van der Waals surface area (Å²) in [4.78, 5) is 2.45. The Hall–Kier alpha value is -0.0800. The zero-order valence-electron chi connectivity index (χ0n) is 11.6. The third kappa shape index (κ3) is 4.84. The largest absolute Gasteiger partial charge is 0.311 e. The molecule has 0 amide bonds. The van der Waals surface area contributed by atoms with Crippen LogP contribution in [0.2, 0.25) is 0 Å². The highest BCUT2D eigenvalue weighted by molar-refractivity contribution is 4.83. The van der Waals surface area contributed by atoms with E-state index in [0.29, 0.717) is 6.04 Å². The van der Waals surface area contributed by atoms with Gasteiger partial charge in [0.1, 0.15) is 0 Å². The fourth-order valence-electron chi connectivity index (χ4n) is 2.75. The molecular weight excluding hydrogens is 196 g/mol. The quantitative estimate of drug-likeness (QED) is 0.701. The summed E-state index contributed by atoms with van der Waals surface area (Å²) >= 11 is 0. The molecule has 0 saturated carbocycles. The first kappa shape index (κ1) is 14.0. The van der Waals surface area contributed by atoms with Crippen LogP contribution in [0.5, 0.6) is 0 Å². The van der Waals surface area contributed by atoms with Gasteiger partial charge < -0.3 is 10.2 Å². The van der Waals surface area contributed by atoms with E-state index in [-0.39, 0.29) is 0 Å². The van der Waals surface area contributed by atoms with Gasteiger partial charge in [-0.05, 0) is 39.3 Å². The van der Waals surface area contributed by atoms with Crippen molar-refractivity contribution in [3.63, 3.8) is 0 Å². The molecule has 16 heavy (non-hydrogen) atoms. The highest BCUT2D eigenvalue weighted by Crippen LogP contribution is 2.16. The van der Waals surface area contributed by atoms with Crippen LogP contribution in [0.4, 0.5) is 0 Å². The Labute approximate surface area is 102 Å². The Morgan fingerprint density at radius 3 is 2.75 bits per heavy atom. The van der Waals surface area contributed by atoms with Crippen molar-refractivity contribution in [3.8, 4) is 0 Å². The minimum atomic E-state index is 0.697. The van der Waals surface area contributed by atoms with Crippen molar-refractivity contribution in [2.75, 3.05) is 20.1 Å². The molecule has 0 aromatic carbocycles. The molecule has 1 aliphatic rings. The molecule has 1 heterocycles. The van der Waals surface area contributed by atoms with Gasteiger partial charge in [0.25, 0.3) is 0 Å². The number of nitrogens with one attached hydrogen (secondary N) is 1. The molecular formula is C14H30N2. The van der Waals surface area contributed by atoms with Crippen molar-refractivity contribution in [1.82, 2.24) is 10.2 Å². The predicted octanol–water partition coefficient (Wildman–Crippen LogP) is 2.89. The molecule has 0 spiro atoms. The van der Waals surface area contributed by atoms with E-state index in [1.807, 2.05) is 0 Å². The summed E-state index contributed by atoms with van der Waals surface area (Å²) in [5, 5.41) is 3.82. The Kier molecular flexibility index (Phi) is 6.37. The van der Waals surface area contributed by atoms with Crippen LogP contribution in [0.1, 0.15) is 52.9 Å². The van der Waals surface area contributed by atoms with Crippen molar-refractivity contribution in [3.05, 3.63) is 0 Å². The minimum Gasteiger partial charge on any atom is -0.311 e. The third-order valence-corrected chi connectivity index (χ3v) is 3.85. The van der Waals surface area contributed by atoms with Crippen molar-refractivity contribution in [1.29, 1.82) is 0 Å². The molecule has 0 aromatic rings. The maximum absolute atomic E-state index is 3.82. The zero-order chi connectivity index (χ0) is 12.0. The summed E-state index contributed by atoms with van der Waals surface area (Å²) in [6, 6.07) is 1.44. The number of hydrogen-bond donors (Lipinski definition) is 1. The second-order valence-electron chi connectivity index (χ2n) is 5.70. The maximum atomic E-state index is 3.82. The molecule has 3 unspecified atom stereocenters. The molecule has 1 N–H and O–H groups in total. The first-order valence-corrected chi connectivity index (χ1v) is 7.08. The summed E-state index contributed by atoms with van der Waals surface area (Å²) < 4.78 is 0. The van der Waals surface area contributed by atoms with Crippen LogP contribution < -0.4 is 5.32 Å². The maximum Gasteiger partial charge on any atom is 0.0119 e. The van der Waals surface area contributed by atoms with Gasteiger partial charge in [-0.2, -0.15) is 0 Å². The van der Waals surface area contributed by atoms with Gasteiger partial charge in [-0.25, -0.2) is 0 Å². The second kappa shape index (κ2) is 7.29. The average Bonchev–Trinajstić information content (AvgIpc) is 2.23. The van der Waals surface area contributed by atoms with E-state index in [2.05, 4.69) is 38.0 Å². The highest BCUT2D eigenvalue weighted by atomic mass is 15.1. The Bertz CT molecular complexity index is 182.